The summed E-state index contributed by atoms with van der Waals surface area (Å²) < 4.78 is 0. The molecule has 0 aromatic heterocycles. The molecule has 2 fully saturated rings. The van der Waals surface area contributed by atoms with Crippen LogP contribution in [0.4, 0.5) is 0 Å². The van der Waals surface area contributed by atoms with Gasteiger partial charge < -0.3 is 19.5 Å². The Bertz CT molecular complexity index is 825. The Hall–Kier alpha value is -1.22. The highest BCUT2D eigenvalue weighted by Gasteiger charge is 2.15. The molecule has 2 aliphatic rings. The van der Waals surface area contributed by atoms with Crippen molar-refractivity contribution in [2.24, 2.45) is 0 Å². The van der Waals surface area contributed by atoms with Crippen molar-refractivity contribution in [3.63, 3.8) is 0 Å². The molecule has 330 valence electrons. The highest BCUT2D eigenvalue weighted by Crippen LogP contribution is 2.16. The van der Waals surface area contributed by atoms with Gasteiger partial charge in [-0.15, -0.1) is 10.1 Å². The summed E-state index contributed by atoms with van der Waals surface area (Å²) in [6.07, 6.45) is 40.1. The first-order valence-corrected chi connectivity index (χ1v) is 25.0. The zero-order chi connectivity index (χ0) is 40.0. The largest absolute Gasteiger partial charge is 0.368 e. The number of nitrogens with zero attached hydrogens (tertiary/aromatic N) is 4. The van der Waals surface area contributed by atoms with Gasteiger partial charge in [-0.05, 0) is 90.4 Å². The van der Waals surface area contributed by atoms with Gasteiger partial charge in [-0.25, -0.2) is 0 Å². The second-order valence-electron chi connectivity index (χ2n) is 17.6. The zero-order valence-electron chi connectivity index (χ0n) is 37.5. The third-order valence-electron chi connectivity index (χ3n) is 12.2. The molecule has 0 unspecified atom stereocenters. The smallest absolute Gasteiger partial charge is 0.325 e. The fourth-order valence-electron chi connectivity index (χ4n) is 8.45. The molecule has 2 aliphatic heterocycles. The van der Waals surface area contributed by atoms with Crippen molar-refractivity contribution in [2.75, 3.05) is 65.4 Å². The van der Waals surface area contributed by atoms with Crippen LogP contribution >= 0.6 is 0 Å². The number of carbonyl (C=O) groups is 2. The summed E-state index contributed by atoms with van der Waals surface area (Å²) in [6.45, 7) is 15.5. The standard InChI is InChI=1S/C48H94N4O4/c1-3-5-7-29-41-51-43-31-23-17-9-10-18-24-32-44-52(42-30-8-6-4-2)56-48(54)36-26-20-14-12-16-22-28-38-49(45-46-50-39-33-34-40-50)37-27-21-15-11-13-19-25-35-47(53)55-51/h3-46H2,1-2H3. The van der Waals surface area contributed by atoms with E-state index in [4.69, 9.17) is 9.68 Å². The van der Waals surface area contributed by atoms with Crippen LogP contribution in [-0.4, -0.2) is 97.3 Å². The van der Waals surface area contributed by atoms with Crippen LogP contribution in [0.5, 0.6) is 0 Å². The molecule has 0 aromatic rings. The summed E-state index contributed by atoms with van der Waals surface area (Å²) >= 11 is 0. The zero-order valence-corrected chi connectivity index (χ0v) is 37.5. The van der Waals surface area contributed by atoms with Gasteiger partial charge in [-0.2, -0.15) is 0 Å². The fraction of sp³-hybridized carbons (Fsp3) is 0.958. The third-order valence-corrected chi connectivity index (χ3v) is 12.2. The minimum atomic E-state index is -0.0310. The lowest BCUT2D eigenvalue weighted by Gasteiger charge is -2.25. The first kappa shape index (κ1) is 50.9. The van der Waals surface area contributed by atoms with Gasteiger partial charge in [0.15, 0.2) is 0 Å². The van der Waals surface area contributed by atoms with Crippen molar-refractivity contribution in [1.29, 1.82) is 0 Å². The predicted molar refractivity (Wildman–Crippen MR) is 237 cm³/mol. The van der Waals surface area contributed by atoms with Crippen molar-refractivity contribution in [3.05, 3.63) is 0 Å². The Morgan fingerprint density at radius 1 is 0.339 bits per heavy atom. The van der Waals surface area contributed by atoms with E-state index >= 15 is 0 Å². The highest BCUT2D eigenvalue weighted by atomic mass is 16.7. The highest BCUT2D eigenvalue weighted by molar-refractivity contribution is 5.69. The maximum atomic E-state index is 12.8. The van der Waals surface area contributed by atoms with E-state index in [0.29, 0.717) is 12.8 Å². The minimum Gasteiger partial charge on any atom is -0.368 e. The van der Waals surface area contributed by atoms with Crippen LogP contribution in [0, 0.1) is 0 Å². The molecule has 0 N–H and O–H groups in total. The van der Waals surface area contributed by atoms with Gasteiger partial charge in [0.25, 0.3) is 0 Å². The molecule has 2 heterocycles. The molecule has 2 saturated heterocycles. The molecule has 0 saturated carbocycles. The summed E-state index contributed by atoms with van der Waals surface area (Å²) in [4.78, 5) is 42.9. The van der Waals surface area contributed by atoms with Crippen LogP contribution in [0.2, 0.25) is 0 Å². The summed E-state index contributed by atoms with van der Waals surface area (Å²) in [5, 5.41) is 3.97. The Morgan fingerprint density at radius 2 is 0.625 bits per heavy atom. The van der Waals surface area contributed by atoms with Crippen LogP contribution in [0.3, 0.4) is 0 Å². The Balaban J connectivity index is 1.83. The number of hydrogen-bond donors (Lipinski definition) is 0. The summed E-state index contributed by atoms with van der Waals surface area (Å²) in [5.74, 6) is -0.0620. The lowest BCUT2D eigenvalue weighted by molar-refractivity contribution is -0.192. The molecule has 56 heavy (non-hydrogen) atoms. The van der Waals surface area contributed by atoms with E-state index in [2.05, 4.69) is 23.6 Å². The Labute approximate surface area is 347 Å². The average Bonchev–Trinajstić information content (AvgIpc) is 3.72. The molecule has 0 spiro atoms. The van der Waals surface area contributed by atoms with Gasteiger partial charge in [0.2, 0.25) is 0 Å². The van der Waals surface area contributed by atoms with Gasteiger partial charge in [-0.3, -0.25) is 9.59 Å². The summed E-state index contributed by atoms with van der Waals surface area (Å²) in [6, 6.07) is 0. The van der Waals surface area contributed by atoms with Crippen molar-refractivity contribution in [1.82, 2.24) is 19.9 Å². The number of carbonyl (C=O) groups excluding carboxylic acids is 2. The van der Waals surface area contributed by atoms with Gasteiger partial charge >= 0.3 is 11.9 Å². The van der Waals surface area contributed by atoms with Crippen molar-refractivity contribution < 1.29 is 19.3 Å². The first-order chi connectivity index (χ1) is 27.6. The molecular weight excluding hydrogens is 697 g/mol. The molecule has 0 bridgehead atoms. The van der Waals surface area contributed by atoms with E-state index in [1.54, 1.807) is 0 Å². The minimum absolute atomic E-state index is 0.0310. The molecule has 0 aromatic carbocycles. The van der Waals surface area contributed by atoms with Gasteiger partial charge in [0, 0.05) is 52.1 Å². The first-order valence-electron chi connectivity index (χ1n) is 25.0. The second kappa shape index (κ2) is 38.0. The number of hydroxylamine groups is 4. The number of rotatable bonds is 13. The van der Waals surface area contributed by atoms with Gasteiger partial charge in [0.05, 0.1) is 0 Å². The normalized spacial score (nSPS) is 22.2. The lowest BCUT2D eigenvalue weighted by Crippen LogP contribution is -2.35. The Morgan fingerprint density at radius 3 is 0.964 bits per heavy atom. The monoisotopic (exact) mass is 791 g/mol. The van der Waals surface area contributed by atoms with Crippen LogP contribution in [0.1, 0.15) is 232 Å². The van der Waals surface area contributed by atoms with E-state index < -0.39 is 0 Å². The summed E-state index contributed by atoms with van der Waals surface area (Å²) in [5.41, 5.74) is 0. The molecule has 2 rings (SSSR count). The number of unbranched alkanes of at least 4 members (excludes halogenated alkanes) is 6. The maximum absolute atomic E-state index is 12.8. The van der Waals surface area contributed by atoms with Crippen LogP contribution in [0.15, 0.2) is 0 Å². The molecule has 8 nitrogen and oxygen atoms in total. The van der Waals surface area contributed by atoms with E-state index in [1.807, 2.05) is 10.1 Å². The molecule has 0 aliphatic carbocycles. The van der Waals surface area contributed by atoms with Gasteiger partial charge in [0.1, 0.15) is 0 Å². The number of likely N-dealkylation sites (tertiary alicyclic amines) is 1. The van der Waals surface area contributed by atoms with E-state index in [9.17, 15) is 9.59 Å². The van der Waals surface area contributed by atoms with Crippen LogP contribution in [-0.2, 0) is 19.3 Å². The second-order valence-corrected chi connectivity index (χ2v) is 17.6. The Kier molecular flexibility index (Phi) is 34.6. The maximum Gasteiger partial charge on any atom is 0.325 e. The lowest BCUT2D eigenvalue weighted by atomic mass is 10.1. The van der Waals surface area contributed by atoms with E-state index in [1.165, 1.54) is 193 Å². The fourth-order valence-corrected chi connectivity index (χ4v) is 8.45. The molecule has 8 heteroatoms. The van der Waals surface area contributed by atoms with Gasteiger partial charge in [-0.1, -0.05) is 155 Å². The predicted octanol–water partition coefficient (Wildman–Crippen LogP) is 12.4. The molecular formula is C48H94N4O4. The van der Waals surface area contributed by atoms with Crippen molar-refractivity contribution in [2.45, 2.75) is 232 Å². The SMILES string of the molecule is CCCCCCN1CCCCCCCCCCN(CCCCCC)OC(=O)CCCCCCCCCN(CCN2CCCC2)CCCCCCCCCC(=O)O1. The van der Waals surface area contributed by atoms with E-state index in [0.717, 1.165) is 77.5 Å². The average molecular weight is 791 g/mol. The summed E-state index contributed by atoms with van der Waals surface area (Å²) in [7, 11) is 0. The van der Waals surface area contributed by atoms with Crippen LogP contribution in [0.25, 0.3) is 0 Å². The molecule has 0 amide bonds. The quantitative estimate of drug-likeness (QED) is 0.171. The van der Waals surface area contributed by atoms with E-state index in [-0.39, 0.29) is 11.9 Å². The third kappa shape index (κ3) is 30.8. The van der Waals surface area contributed by atoms with Crippen molar-refractivity contribution >= 4 is 11.9 Å². The van der Waals surface area contributed by atoms with Crippen molar-refractivity contribution in [3.8, 4) is 0 Å². The number of hydrogen-bond acceptors (Lipinski definition) is 8. The molecule has 0 atom stereocenters. The van der Waals surface area contributed by atoms with Crippen LogP contribution < -0.4 is 0 Å². The topological polar surface area (TPSA) is 65.6 Å². The molecule has 0 radical (unpaired) electrons.